The van der Waals surface area contributed by atoms with Crippen LogP contribution in [0.15, 0.2) is 36.9 Å². The van der Waals surface area contributed by atoms with Gasteiger partial charge in [-0.2, -0.15) is 0 Å². The molecule has 0 bridgehead atoms. The molecule has 1 aliphatic heterocycles. The summed E-state index contributed by atoms with van der Waals surface area (Å²) in [4.78, 5) is 23.5. The van der Waals surface area contributed by atoms with Crippen molar-refractivity contribution >= 4 is 5.91 Å². The molecule has 6 heteroatoms. The molecule has 1 aliphatic rings. The fraction of sp³-hybridized carbons (Fsp3) is 0.526. The third-order valence-corrected chi connectivity index (χ3v) is 4.85. The van der Waals surface area contributed by atoms with Crippen LogP contribution in [-0.4, -0.2) is 44.5 Å². The van der Waals surface area contributed by atoms with Crippen LogP contribution in [0.25, 0.3) is 0 Å². The van der Waals surface area contributed by atoms with E-state index in [2.05, 4.69) is 47.0 Å². The lowest BCUT2D eigenvalue weighted by Crippen LogP contribution is -2.49. The molecule has 6 nitrogen and oxygen atoms in total. The van der Waals surface area contributed by atoms with E-state index in [4.69, 9.17) is 0 Å². The van der Waals surface area contributed by atoms with Crippen LogP contribution in [0.3, 0.4) is 0 Å². The smallest absolute Gasteiger partial charge is 0.271 e. The van der Waals surface area contributed by atoms with Crippen LogP contribution in [0.4, 0.5) is 0 Å². The van der Waals surface area contributed by atoms with Gasteiger partial charge in [0.25, 0.3) is 5.91 Å². The first-order chi connectivity index (χ1) is 12.0. The Morgan fingerprint density at radius 3 is 2.84 bits per heavy atom. The average molecular weight is 341 g/mol. The van der Waals surface area contributed by atoms with E-state index in [1.165, 1.54) is 0 Å². The summed E-state index contributed by atoms with van der Waals surface area (Å²) in [5.74, 6) is 0.322. The number of imidazole rings is 1. The predicted octanol–water partition coefficient (Wildman–Crippen LogP) is 2.50. The van der Waals surface area contributed by atoms with Gasteiger partial charge in [-0.1, -0.05) is 13.0 Å². The zero-order valence-corrected chi connectivity index (χ0v) is 15.2. The number of carbonyl (C=O) groups excluding carboxylic acids is 1. The zero-order valence-electron chi connectivity index (χ0n) is 15.2. The van der Waals surface area contributed by atoms with Crippen LogP contribution >= 0.6 is 0 Å². The number of piperidine rings is 1. The van der Waals surface area contributed by atoms with E-state index in [1.54, 1.807) is 6.33 Å². The SMILES string of the molecule is CC(C)n1cnc(C(=O)N[C@@H]2CCN(Cc3ccccn3)C[C@H]2C)c1. The minimum absolute atomic E-state index is 0.0746. The Morgan fingerprint density at radius 1 is 1.36 bits per heavy atom. The second-order valence-electron chi connectivity index (χ2n) is 7.20. The molecule has 0 saturated carbocycles. The number of hydrogen-bond donors (Lipinski definition) is 1. The lowest BCUT2D eigenvalue weighted by molar-refractivity contribution is 0.0855. The molecule has 134 valence electrons. The summed E-state index contributed by atoms with van der Waals surface area (Å²) in [5.41, 5.74) is 1.59. The number of amides is 1. The fourth-order valence-corrected chi connectivity index (χ4v) is 3.29. The maximum atomic E-state index is 12.5. The Kier molecular flexibility index (Phi) is 5.48. The Balaban J connectivity index is 1.53. The summed E-state index contributed by atoms with van der Waals surface area (Å²) >= 11 is 0. The van der Waals surface area contributed by atoms with E-state index in [1.807, 2.05) is 29.1 Å². The van der Waals surface area contributed by atoms with Crippen molar-refractivity contribution in [1.29, 1.82) is 0 Å². The quantitative estimate of drug-likeness (QED) is 0.908. The Labute approximate surface area is 149 Å². The Hall–Kier alpha value is -2.21. The molecule has 0 aromatic carbocycles. The Morgan fingerprint density at radius 2 is 2.20 bits per heavy atom. The van der Waals surface area contributed by atoms with Crippen LogP contribution in [-0.2, 0) is 6.54 Å². The number of aromatic nitrogens is 3. The maximum Gasteiger partial charge on any atom is 0.271 e. The molecule has 2 aromatic heterocycles. The first-order valence-corrected chi connectivity index (χ1v) is 8.99. The van der Waals surface area contributed by atoms with Gasteiger partial charge in [0.05, 0.1) is 12.0 Å². The van der Waals surface area contributed by atoms with Crippen molar-refractivity contribution in [2.75, 3.05) is 13.1 Å². The highest BCUT2D eigenvalue weighted by Crippen LogP contribution is 2.19. The van der Waals surface area contributed by atoms with Gasteiger partial charge in [0.15, 0.2) is 0 Å². The van der Waals surface area contributed by atoms with Crippen molar-refractivity contribution in [3.8, 4) is 0 Å². The highest BCUT2D eigenvalue weighted by molar-refractivity contribution is 5.92. The molecule has 0 spiro atoms. The normalized spacial score (nSPS) is 21.4. The summed E-state index contributed by atoms with van der Waals surface area (Å²) in [7, 11) is 0. The standard InChI is InChI=1S/C19H27N5O/c1-14(2)24-12-18(21-13-24)19(25)22-17-7-9-23(10-15(17)3)11-16-6-4-5-8-20-16/h4-6,8,12-15,17H,7,9-11H2,1-3H3,(H,22,25)/t15-,17-/m1/s1. The zero-order chi connectivity index (χ0) is 17.8. The van der Waals surface area contributed by atoms with Crippen LogP contribution < -0.4 is 5.32 Å². The molecule has 1 saturated heterocycles. The molecular formula is C19H27N5O. The number of nitrogens with one attached hydrogen (secondary N) is 1. The van der Waals surface area contributed by atoms with Crippen molar-refractivity contribution in [3.05, 3.63) is 48.3 Å². The molecule has 1 amide bonds. The van der Waals surface area contributed by atoms with Crippen molar-refractivity contribution in [2.24, 2.45) is 5.92 Å². The number of carbonyl (C=O) groups is 1. The molecule has 2 atom stereocenters. The van der Waals surface area contributed by atoms with Crippen LogP contribution in [0.5, 0.6) is 0 Å². The third kappa shape index (κ3) is 4.45. The van der Waals surface area contributed by atoms with Crippen LogP contribution in [0, 0.1) is 5.92 Å². The van der Waals surface area contributed by atoms with Crippen molar-refractivity contribution in [3.63, 3.8) is 0 Å². The molecule has 0 aliphatic carbocycles. The highest BCUT2D eigenvalue weighted by atomic mass is 16.2. The molecule has 2 aromatic rings. The van der Waals surface area contributed by atoms with Gasteiger partial charge in [-0.15, -0.1) is 0 Å². The number of nitrogens with zero attached hydrogens (tertiary/aromatic N) is 4. The van der Waals surface area contributed by atoms with Gasteiger partial charge < -0.3 is 9.88 Å². The molecule has 1 N–H and O–H groups in total. The third-order valence-electron chi connectivity index (χ3n) is 4.85. The minimum atomic E-state index is -0.0746. The molecular weight excluding hydrogens is 314 g/mol. The molecule has 3 rings (SSSR count). The first kappa shape index (κ1) is 17.6. The first-order valence-electron chi connectivity index (χ1n) is 8.99. The summed E-state index contributed by atoms with van der Waals surface area (Å²) in [6.45, 7) is 9.13. The fourth-order valence-electron chi connectivity index (χ4n) is 3.29. The lowest BCUT2D eigenvalue weighted by atomic mass is 9.93. The van der Waals surface area contributed by atoms with Crippen molar-refractivity contribution < 1.29 is 4.79 Å². The topological polar surface area (TPSA) is 63.1 Å². The summed E-state index contributed by atoms with van der Waals surface area (Å²) in [6.07, 6.45) is 6.33. The van der Waals surface area contributed by atoms with E-state index in [-0.39, 0.29) is 11.9 Å². The van der Waals surface area contributed by atoms with Crippen LogP contribution in [0.2, 0.25) is 0 Å². The molecule has 1 fully saturated rings. The van der Waals surface area contributed by atoms with Gasteiger partial charge in [-0.3, -0.25) is 14.7 Å². The second-order valence-corrected chi connectivity index (χ2v) is 7.20. The number of pyridine rings is 1. The lowest BCUT2D eigenvalue weighted by Gasteiger charge is -2.37. The predicted molar refractivity (Wildman–Crippen MR) is 97.2 cm³/mol. The minimum Gasteiger partial charge on any atom is -0.348 e. The van der Waals surface area contributed by atoms with Crippen LogP contribution in [0.1, 0.15) is 49.4 Å². The highest BCUT2D eigenvalue weighted by Gasteiger charge is 2.28. The van der Waals surface area contributed by atoms with E-state index < -0.39 is 0 Å². The number of rotatable bonds is 5. The van der Waals surface area contributed by atoms with Gasteiger partial charge in [0.2, 0.25) is 0 Å². The van der Waals surface area contributed by atoms with Crippen molar-refractivity contribution in [2.45, 2.75) is 45.8 Å². The van der Waals surface area contributed by atoms with E-state index in [0.717, 1.165) is 31.7 Å². The van der Waals surface area contributed by atoms with E-state index in [0.29, 0.717) is 17.7 Å². The monoisotopic (exact) mass is 341 g/mol. The maximum absolute atomic E-state index is 12.5. The summed E-state index contributed by atoms with van der Waals surface area (Å²) < 4.78 is 1.95. The second kappa shape index (κ2) is 7.78. The average Bonchev–Trinajstić information content (AvgIpc) is 3.09. The Bertz CT molecular complexity index is 697. The molecule has 25 heavy (non-hydrogen) atoms. The summed E-state index contributed by atoms with van der Waals surface area (Å²) in [5, 5.41) is 3.16. The van der Waals surface area contributed by atoms with Gasteiger partial charge in [-0.25, -0.2) is 4.98 Å². The largest absolute Gasteiger partial charge is 0.348 e. The van der Waals surface area contributed by atoms with Gasteiger partial charge in [0, 0.05) is 44.1 Å². The number of likely N-dealkylation sites (tertiary alicyclic amines) is 1. The van der Waals surface area contributed by atoms with E-state index >= 15 is 0 Å². The molecule has 3 heterocycles. The summed E-state index contributed by atoms with van der Waals surface area (Å²) in [6, 6.07) is 6.52. The van der Waals surface area contributed by atoms with Gasteiger partial charge in [-0.05, 0) is 38.3 Å². The van der Waals surface area contributed by atoms with E-state index in [9.17, 15) is 4.79 Å². The van der Waals surface area contributed by atoms with Gasteiger partial charge >= 0.3 is 0 Å². The molecule has 0 unspecified atom stereocenters. The van der Waals surface area contributed by atoms with Crippen molar-refractivity contribution in [1.82, 2.24) is 24.8 Å². The number of hydrogen-bond acceptors (Lipinski definition) is 4. The van der Waals surface area contributed by atoms with Gasteiger partial charge in [0.1, 0.15) is 5.69 Å². The molecule has 0 radical (unpaired) electrons.